The van der Waals surface area contributed by atoms with Gasteiger partial charge in [-0.2, -0.15) is 0 Å². The molecule has 2 saturated heterocycles. The summed E-state index contributed by atoms with van der Waals surface area (Å²) in [6.07, 6.45) is 4.96. The molecule has 3 aliphatic rings. The molecule has 0 radical (unpaired) electrons. The standard InChI is InChI=1S/C30H38N4O4/c35-28(36)19-27-30(38)34(15-10-21-4-2-1-3-5-21)20-25-18-24(6-7-26(25)32-27)29(37)33-16-11-23(12-17-33)22-8-13-31-14-9-22/h1-7,18,22-23,27,31-32H,8-17,19-20H2,(H,35,36)/t27-/m1/s1. The molecule has 1 atom stereocenters. The van der Waals surface area contributed by atoms with E-state index in [1.807, 2.05) is 47.4 Å². The van der Waals surface area contributed by atoms with Crippen LogP contribution in [0.1, 0.15) is 53.6 Å². The van der Waals surface area contributed by atoms with E-state index in [1.54, 1.807) is 11.0 Å². The predicted octanol–water partition coefficient (Wildman–Crippen LogP) is 3.38. The molecule has 0 bridgehead atoms. The lowest BCUT2D eigenvalue weighted by molar-refractivity contribution is -0.141. The topological polar surface area (TPSA) is 102 Å². The van der Waals surface area contributed by atoms with Crippen LogP contribution in [0.25, 0.3) is 0 Å². The minimum atomic E-state index is -1.03. The number of likely N-dealkylation sites (tertiary alicyclic amines) is 1. The monoisotopic (exact) mass is 518 g/mol. The molecular weight excluding hydrogens is 480 g/mol. The molecule has 202 valence electrons. The number of carboxylic acids is 1. The maximum absolute atomic E-state index is 13.5. The predicted molar refractivity (Wildman–Crippen MR) is 146 cm³/mol. The summed E-state index contributed by atoms with van der Waals surface area (Å²) in [4.78, 5) is 42.0. The third-order valence-corrected chi connectivity index (χ3v) is 8.42. The van der Waals surface area contributed by atoms with Crippen LogP contribution in [0.5, 0.6) is 0 Å². The molecule has 8 heteroatoms. The van der Waals surface area contributed by atoms with Crippen molar-refractivity contribution in [3.05, 3.63) is 65.2 Å². The Morgan fingerprint density at radius 3 is 2.37 bits per heavy atom. The van der Waals surface area contributed by atoms with E-state index in [2.05, 4.69) is 10.6 Å². The van der Waals surface area contributed by atoms with Gasteiger partial charge in [0.05, 0.1) is 6.42 Å². The summed E-state index contributed by atoms with van der Waals surface area (Å²) in [5.74, 6) is 0.248. The number of carbonyl (C=O) groups is 3. The third kappa shape index (κ3) is 6.18. The van der Waals surface area contributed by atoms with Crippen molar-refractivity contribution in [1.82, 2.24) is 15.1 Å². The number of carbonyl (C=O) groups excluding carboxylic acids is 2. The summed E-state index contributed by atoms with van der Waals surface area (Å²) >= 11 is 0. The number of amides is 2. The van der Waals surface area contributed by atoms with Crippen molar-refractivity contribution in [3.63, 3.8) is 0 Å². The Labute approximate surface area is 224 Å². The Bertz CT molecular complexity index is 1140. The van der Waals surface area contributed by atoms with E-state index in [9.17, 15) is 19.5 Å². The zero-order valence-corrected chi connectivity index (χ0v) is 21.9. The summed E-state index contributed by atoms with van der Waals surface area (Å²) < 4.78 is 0. The normalized spacial score (nSPS) is 20.9. The lowest BCUT2D eigenvalue weighted by atomic mass is 9.79. The Hall–Kier alpha value is -3.39. The molecule has 2 aromatic rings. The van der Waals surface area contributed by atoms with Crippen LogP contribution in [-0.4, -0.2) is 71.5 Å². The molecule has 0 spiro atoms. The highest BCUT2D eigenvalue weighted by atomic mass is 16.4. The maximum Gasteiger partial charge on any atom is 0.305 e. The second-order valence-corrected chi connectivity index (χ2v) is 10.9. The SMILES string of the molecule is O=C(O)C[C@H]1Nc2ccc(C(=O)N3CCC(C4CCNCC4)CC3)cc2CN(CCc2ccccc2)C1=O. The Kier molecular flexibility index (Phi) is 8.27. The van der Waals surface area contributed by atoms with Crippen molar-refractivity contribution in [2.75, 3.05) is 38.0 Å². The van der Waals surface area contributed by atoms with Gasteiger partial charge in [0.1, 0.15) is 6.04 Å². The first-order valence-electron chi connectivity index (χ1n) is 13.9. The number of hydrogen-bond acceptors (Lipinski definition) is 5. The summed E-state index contributed by atoms with van der Waals surface area (Å²) in [7, 11) is 0. The third-order valence-electron chi connectivity index (χ3n) is 8.42. The molecule has 3 N–H and O–H groups in total. The highest BCUT2D eigenvalue weighted by molar-refractivity contribution is 5.96. The highest BCUT2D eigenvalue weighted by Crippen LogP contribution is 2.32. The summed E-state index contributed by atoms with van der Waals surface area (Å²) in [6.45, 7) is 4.58. The lowest BCUT2D eigenvalue weighted by Gasteiger charge is -2.38. The Morgan fingerprint density at radius 2 is 1.66 bits per heavy atom. The number of nitrogens with one attached hydrogen (secondary N) is 2. The molecule has 0 saturated carbocycles. The van der Waals surface area contributed by atoms with Gasteiger partial charge in [0.15, 0.2) is 0 Å². The molecule has 2 aromatic carbocycles. The van der Waals surface area contributed by atoms with E-state index < -0.39 is 12.0 Å². The molecular formula is C30H38N4O4. The molecule has 8 nitrogen and oxygen atoms in total. The van der Waals surface area contributed by atoms with Crippen molar-refractivity contribution in [1.29, 1.82) is 0 Å². The minimum Gasteiger partial charge on any atom is -0.481 e. The van der Waals surface area contributed by atoms with E-state index in [4.69, 9.17) is 0 Å². The van der Waals surface area contributed by atoms with Crippen molar-refractivity contribution in [2.24, 2.45) is 11.8 Å². The van der Waals surface area contributed by atoms with Crippen molar-refractivity contribution in [3.8, 4) is 0 Å². The molecule has 0 unspecified atom stereocenters. The highest BCUT2D eigenvalue weighted by Gasteiger charge is 2.32. The van der Waals surface area contributed by atoms with Crippen molar-refractivity contribution >= 4 is 23.5 Å². The molecule has 38 heavy (non-hydrogen) atoms. The zero-order chi connectivity index (χ0) is 26.5. The van der Waals surface area contributed by atoms with Gasteiger partial charge >= 0.3 is 5.97 Å². The number of piperidine rings is 2. The lowest BCUT2D eigenvalue weighted by Crippen LogP contribution is -2.42. The van der Waals surface area contributed by atoms with Crippen molar-refractivity contribution < 1.29 is 19.5 Å². The fourth-order valence-corrected chi connectivity index (χ4v) is 6.23. The molecule has 0 aromatic heterocycles. The van der Waals surface area contributed by atoms with E-state index in [0.717, 1.165) is 56.1 Å². The zero-order valence-electron chi connectivity index (χ0n) is 21.9. The quantitative estimate of drug-likeness (QED) is 0.520. The van der Waals surface area contributed by atoms with Crippen LogP contribution in [0.15, 0.2) is 48.5 Å². The fourth-order valence-electron chi connectivity index (χ4n) is 6.23. The summed E-state index contributed by atoms with van der Waals surface area (Å²) in [6, 6.07) is 14.6. The number of nitrogens with zero attached hydrogens (tertiary/aromatic N) is 2. The van der Waals surface area contributed by atoms with Gasteiger partial charge in [-0.05, 0) is 86.4 Å². The molecule has 0 aliphatic carbocycles. The van der Waals surface area contributed by atoms with Gasteiger partial charge in [-0.3, -0.25) is 14.4 Å². The largest absolute Gasteiger partial charge is 0.481 e. The van der Waals surface area contributed by atoms with E-state index >= 15 is 0 Å². The van der Waals surface area contributed by atoms with Crippen LogP contribution in [0.4, 0.5) is 5.69 Å². The molecule has 2 fully saturated rings. The first kappa shape index (κ1) is 26.2. The maximum atomic E-state index is 13.5. The average molecular weight is 519 g/mol. The fraction of sp³-hybridized carbons (Fsp3) is 0.500. The number of rotatable bonds is 7. The number of aliphatic carboxylic acids is 1. The first-order valence-corrected chi connectivity index (χ1v) is 13.9. The van der Waals surface area contributed by atoms with Crippen LogP contribution in [0.3, 0.4) is 0 Å². The van der Waals surface area contributed by atoms with Crippen LogP contribution in [0, 0.1) is 11.8 Å². The Morgan fingerprint density at radius 1 is 0.947 bits per heavy atom. The first-order chi connectivity index (χ1) is 18.5. The van der Waals surface area contributed by atoms with Gasteiger partial charge < -0.3 is 25.5 Å². The van der Waals surface area contributed by atoms with E-state index in [0.29, 0.717) is 36.7 Å². The number of hydrogen-bond donors (Lipinski definition) is 3. The average Bonchev–Trinajstić information content (AvgIpc) is 3.08. The number of anilines is 1. The minimum absolute atomic E-state index is 0.0325. The number of fused-ring (bicyclic) bond motifs is 1. The van der Waals surface area contributed by atoms with Crippen LogP contribution in [-0.2, 0) is 22.6 Å². The van der Waals surface area contributed by atoms with Gasteiger partial charge in [-0.1, -0.05) is 30.3 Å². The molecule has 2 amide bonds. The second-order valence-electron chi connectivity index (χ2n) is 10.9. The van der Waals surface area contributed by atoms with Gasteiger partial charge in [-0.15, -0.1) is 0 Å². The van der Waals surface area contributed by atoms with Crippen LogP contribution in [0.2, 0.25) is 0 Å². The van der Waals surface area contributed by atoms with Crippen LogP contribution < -0.4 is 10.6 Å². The van der Waals surface area contributed by atoms with Crippen LogP contribution >= 0.6 is 0 Å². The molecule has 5 rings (SSSR count). The Balaban J connectivity index is 1.29. The van der Waals surface area contributed by atoms with E-state index in [-0.39, 0.29) is 18.2 Å². The number of benzene rings is 2. The number of carboxylic acid groups (broad SMARTS) is 1. The molecule has 3 aliphatic heterocycles. The van der Waals surface area contributed by atoms with Crippen molar-refractivity contribution in [2.45, 2.75) is 51.1 Å². The van der Waals surface area contributed by atoms with Gasteiger partial charge in [-0.25, -0.2) is 0 Å². The van der Waals surface area contributed by atoms with Gasteiger partial charge in [0.25, 0.3) is 5.91 Å². The molecule has 3 heterocycles. The van der Waals surface area contributed by atoms with E-state index in [1.165, 1.54) is 12.8 Å². The van der Waals surface area contributed by atoms with Gasteiger partial charge in [0.2, 0.25) is 5.91 Å². The van der Waals surface area contributed by atoms with Gasteiger partial charge in [0, 0.05) is 37.4 Å². The summed E-state index contributed by atoms with van der Waals surface area (Å²) in [5, 5.41) is 16.0. The second kappa shape index (κ2) is 12.0. The smallest absolute Gasteiger partial charge is 0.305 e. The summed E-state index contributed by atoms with van der Waals surface area (Å²) in [5.41, 5.74) is 3.30.